The van der Waals surface area contributed by atoms with E-state index < -0.39 is 40.9 Å². The molecular formula is C19H17F2N3O6. The summed E-state index contributed by atoms with van der Waals surface area (Å²) in [6.07, 6.45) is -0.294. The van der Waals surface area contributed by atoms with Crippen LogP contribution in [0, 0.1) is 28.7 Å². The van der Waals surface area contributed by atoms with Gasteiger partial charge in [0.1, 0.15) is 11.6 Å². The van der Waals surface area contributed by atoms with Crippen molar-refractivity contribution in [2.24, 2.45) is 0 Å². The maximum absolute atomic E-state index is 13.5. The van der Waals surface area contributed by atoms with Gasteiger partial charge in [-0.25, -0.2) is 8.78 Å². The third-order valence-corrected chi connectivity index (χ3v) is 3.84. The lowest BCUT2D eigenvalue weighted by Crippen LogP contribution is -2.28. The van der Waals surface area contributed by atoms with Crippen molar-refractivity contribution >= 4 is 29.2 Å². The van der Waals surface area contributed by atoms with Crippen molar-refractivity contribution in [3.05, 3.63) is 69.3 Å². The number of nitrogens with zero attached hydrogens (tertiary/aromatic N) is 1. The second-order valence-electron chi connectivity index (χ2n) is 6.10. The highest BCUT2D eigenvalue weighted by molar-refractivity contribution is 5.95. The van der Waals surface area contributed by atoms with E-state index in [1.54, 1.807) is 6.92 Å². The van der Waals surface area contributed by atoms with E-state index in [4.69, 9.17) is 4.74 Å². The van der Waals surface area contributed by atoms with Gasteiger partial charge in [-0.1, -0.05) is 6.07 Å². The molecular weight excluding hydrogens is 404 g/mol. The standard InChI is InChI=1S/C19H17F2N3O6/c1-11-2-4-13(9-16(11)24(28)29)23-17(25)10-30-18(26)6-7-22-19(27)14-5-3-12(20)8-15(14)21/h2-5,8-9H,6-7,10H2,1H3,(H,22,27)(H,23,25). The summed E-state index contributed by atoms with van der Waals surface area (Å²) in [7, 11) is 0. The van der Waals surface area contributed by atoms with E-state index in [9.17, 15) is 33.3 Å². The lowest BCUT2D eigenvalue weighted by atomic mass is 10.2. The molecule has 2 aromatic carbocycles. The minimum absolute atomic E-state index is 0.168. The van der Waals surface area contributed by atoms with Crippen LogP contribution in [0.5, 0.6) is 0 Å². The molecule has 30 heavy (non-hydrogen) atoms. The topological polar surface area (TPSA) is 128 Å². The van der Waals surface area contributed by atoms with Crippen LogP contribution in [0.25, 0.3) is 0 Å². The highest BCUT2D eigenvalue weighted by atomic mass is 19.1. The van der Waals surface area contributed by atoms with Crippen molar-refractivity contribution in [2.75, 3.05) is 18.5 Å². The molecule has 0 saturated heterocycles. The first-order valence-electron chi connectivity index (χ1n) is 8.61. The zero-order valence-corrected chi connectivity index (χ0v) is 15.7. The zero-order valence-electron chi connectivity index (χ0n) is 15.7. The fourth-order valence-corrected chi connectivity index (χ4v) is 2.35. The molecule has 0 spiro atoms. The largest absolute Gasteiger partial charge is 0.456 e. The summed E-state index contributed by atoms with van der Waals surface area (Å²) < 4.78 is 31.1. The molecule has 9 nitrogen and oxygen atoms in total. The Morgan fingerprint density at radius 1 is 1.13 bits per heavy atom. The molecule has 0 saturated carbocycles. The summed E-state index contributed by atoms with van der Waals surface area (Å²) in [4.78, 5) is 45.6. The van der Waals surface area contributed by atoms with Crippen LogP contribution in [0.3, 0.4) is 0 Å². The minimum atomic E-state index is -1.04. The highest BCUT2D eigenvalue weighted by Gasteiger charge is 2.15. The summed E-state index contributed by atoms with van der Waals surface area (Å²) in [5.74, 6) is -4.22. The molecule has 2 aromatic rings. The molecule has 0 aliphatic rings. The van der Waals surface area contributed by atoms with Gasteiger partial charge >= 0.3 is 5.97 Å². The third-order valence-electron chi connectivity index (χ3n) is 3.84. The molecule has 0 fully saturated rings. The molecule has 0 aromatic heterocycles. The van der Waals surface area contributed by atoms with Gasteiger partial charge in [0, 0.05) is 29.9 Å². The maximum atomic E-state index is 13.5. The van der Waals surface area contributed by atoms with E-state index >= 15 is 0 Å². The van der Waals surface area contributed by atoms with E-state index in [2.05, 4.69) is 10.6 Å². The van der Waals surface area contributed by atoms with Gasteiger partial charge in [0.15, 0.2) is 6.61 Å². The van der Waals surface area contributed by atoms with Crippen molar-refractivity contribution in [3.63, 3.8) is 0 Å². The number of hydrogen-bond donors (Lipinski definition) is 2. The van der Waals surface area contributed by atoms with Crippen LogP contribution in [-0.2, 0) is 14.3 Å². The van der Waals surface area contributed by atoms with Gasteiger partial charge in [0.05, 0.1) is 16.9 Å². The van der Waals surface area contributed by atoms with E-state index in [1.807, 2.05) is 0 Å². The van der Waals surface area contributed by atoms with Crippen molar-refractivity contribution in [1.82, 2.24) is 5.32 Å². The van der Waals surface area contributed by atoms with Crippen LogP contribution in [-0.4, -0.2) is 35.9 Å². The number of aryl methyl sites for hydroxylation is 1. The Balaban J connectivity index is 1.75. The molecule has 2 N–H and O–H groups in total. The predicted octanol–water partition coefficient (Wildman–Crippen LogP) is 2.48. The number of nitro groups is 1. The smallest absolute Gasteiger partial charge is 0.308 e. The molecule has 0 atom stereocenters. The second kappa shape index (κ2) is 10.0. The average molecular weight is 421 g/mol. The second-order valence-corrected chi connectivity index (χ2v) is 6.10. The molecule has 0 aliphatic heterocycles. The summed E-state index contributed by atoms with van der Waals surface area (Å²) >= 11 is 0. The maximum Gasteiger partial charge on any atom is 0.308 e. The number of carbonyl (C=O) groups is 3. The van der Waals surface area contributed by atoms with Crippen LogP contribution in [0.4, 0.5) is 20.2 Å². The van der Waals surface area contributed by atoms with Crippen LogP contribution in [0.15, 0.2) is 36.4 Å². The van der Waals surface area contributed by atoms with E-state index in [1.165, 1.54) is 18.2 Å². The lowest BCUT2D eigenvalue weighted by molar-refractivity contribution is -0.385. The van der Waals surface area contributed by atoms with Gasteiger partial charge < -0.3 is 15.4 Å². The summed E-state index contributed by atoms with van der Waals surface area (Å²) in [5, 5.41) is 15.5. The van der Waals surface area contributed by atoms with Gasteiger partial charge in [0.2, 0.25) is 0 Å². The molecule has 0 heterocycles. The van der Waals surface area contributed by atoms with E-state index in [0.717, 1.165) is 12.1 Å². The van der Waals surface area contributed by atoms with Gasteiger partial charge in [-0.2, -0.15) is 0 Å². The van der Waals surface area contributed by atoms with Gasteiger partial charge in [-0.05, 0) is 25.1 Å². The van der Waals surface area contributed by atoms with Gasteiger partial charge in [-0.15, -0.1) is 0 Å². The first kappa shape index (κ1) is 22.4. The average Bonchev–Trinajstić information content (AvgIpc) is 2.67. The SMILES string of the molecule is Cc1ccc(NC(=O)COC(=O)CCNC(=O)c2ccc(F)cc2F)cc1[N+](=O)[O-]. The fraction of sp³-hybridized carbons (Fsp3) is 0.211. The normalized spacial score (nSPS) is 10.2. The first-order valence-corrected chi connectivity index (χ1v) is 8.61. The molecule has 11 heteroatoms. The Hall–Kier alpha value is -3.89. The number of esters is 1. The highest BCUT2D eigenvalue weighted by Crippen LogP contribution is 2.22. The van der Waals surface area contributed by atoms with Crippen LogP contribution < -0.4 is 10.6 Å². The molecule has 0 aliphatic carbocycles. The Kier molecular flexibility index (Phi) is 7.50. The van der Waals surface area contributed by atoms with Crippen LogP contribution >= 0.6 is 0 Å². The summed E-state index contributed by atoms with van der Waals surface area (Å²) in [5.41, 5.74) is 0.0448. The first-order chi connectivity index (χ1) is 14.2. The number of ether oxygens (including phenoxy) is 1. The summed E-state index contributed by atoms with van der Waals surface area (Å²) in [6.45, 7) is 0.718. The molecule has 2 rings (SSSR count). The minimum Gasteiger partial charge on any atom is -0.456 e. The number of nitrogens with one attached hydrogen (secondary N) is 2. The predicted molar refractivity (Wildman–Crippen MR) is 101 cm³/mol. The zero-order chi connectivity index (χ0) is 22.3. The third kappa shape index (κ3) is 6.33. The van der Waals surface area contributed by atoms with Crippen LogP contribution in [0.2, 0.25) is 0 Å². The van der Waals surface area contributed by atoms with E-state index in [0.29, 0.717) is 11.6 Å². The number of halogens is 2. The van der Waals surface area contributed by atoms with Crippen molar-refractivity contribution in [3.8, 4) is 0 Å². The Morgan fingerprint density at radius 2 is 1.87 bits per heavy atom. The Morgan fingerprint density at radius 3 is 2.53 bits per heavy atom. The Bertz CT molecular complexity index is 996. The lowest BCUT2D eigenvalue weighted by Gasteiger charge is -2.08. The number of hydrogen-bond acceptors (Lipinski definition) is 6. The number of anilines is 1. The van der Waals surface area contributed by atoms with E-state index in [-0.39, 0.29) is 29.9 Å². The fourth-order valence-electron chi connectivity index (χ4n) is 2.35. The van der Waals surface area contributed by atoms with Gasteiger partial charge in [-0.3, -0.25) is 24.5 Å². The number of benzene rings is 2. The number of rotatable bonds is 8. The Labute approximate surface area is 169 Å². The number of amides is 2. The molecule has 0 bridgehead atoms. The molecule has 2 amide bonds. The molecule has 0 radical (unpaired) electrons. The number of nitro benzene ring substituents is 1. The summed E-state index contributed by atoms with van der Waals surface area (Å²) in [6, 6.07) is 6.56. The monoisotopic (exact) mass is 421 g/mol. The number of carbonyl (C=O) groups excluding carboxylic acids is 3. The quantitative estimate of drug-likeness (QED) is 0.383. The van der Waals surface area contributed by atoms with Gasteiger partial charge in [0.25, 0.3) is 17.5 Å². The van der Waals surface area contributed by atoms with Crippen LogP contribution in [0.1, 0.15) is 22.3 Å². The van der Waals surface area contributed by atoms with Crippen molar-refractivity contribution < 1.29 is 32.8 Å². The van der Waals surface area contributed by atoms with Crippen molar-refractivity contribution in [2.45, 2.75) is 13.3 Å². The molecule has 0 unspecified atom stereocenters. The molecule has 158 valence electrons. The van der Waals surface area contributed by atoms with Crippen molar-refractivity contribution in [1.29, 1.82) is 0 Å².